The lowest BCUT2D eigenvalue weighted by Crippen LogP contribution is -2.00. The second-order valence-corrected chi connectivity index (χ2v) is 3.89. The molecule has 0 N–H and O–H groups in total. The number of hydrogen-bond donors (Lipinski definition) is 0. The summed E-state index contributed by atoms with van der Waals surface area (Å²) in [6.07, 6.45) is 1.65. The maximum atomic E-state index is 5.89. The predicted molar refractivity (Wildman–Crippen MR) is 60.7 cm³/mol. The van der Waals surface area contributed by atoms with Gasteiger partial charge in [-0.2, -0.15) is 0 Å². The number of hydrogen-bond acceptors (Lipinski definition) is 2. The Bertz CT molecular complexity index is 479. The quantitative estimate of drug-likeness (QED) is 0.758. The molecule has 3 nitrogen and oxygen atoms in total. The molecule has 0 aliphatic carbocycles. The molecule has 0 unspecified atom stereocenters. The second kappa shape index (κ2) is 4.21. The molecule has 1 aromatic heterocycles. The first-order valence-corrected chi connectivity index (χ1v) is 5.35. The molecule has 5 heteroatoms. The van der Waals surface area contributed by atoms with Crippen molar-refractivity contribution < 1.29 is 0 Å². The molecule has 0 atom stereocenters. The summed E-state index contributed by atoms with van der Waals surface area (Å²) in [7, 11) is 0. The van der Waals surface area contributed by atoms with Gasteiger partial charge in [0.2, 0.25) is 0 Å². The van der Waals surface area contributed by atoms with Crippen LogP contribution in [0.15, 0.2) is 24.5 Å². The Hall–Kier alpha value is -1.06. The highest BCUT2D eigenvalue weighted by Gasteiger charge is 2.07. The first kappa shape index (κ1) is 10.5. The molecule has 0 fully saturated rings. The van der Waals surface area contributed by atoms with Gasteiger partial charge in [-0.1, -0.05) is 11.6 Å². The minimum Gasteiger partial charge on any atom is -0.284 e. The van der Waals surface area contributed by atoms with E-state index in [1.807, 2.05) is 29.7 Å². The molecule has 2 aromatic rings. The van der Waals surface area contributed by atoms with Crippen LogP contribution in [-0.4, -0.2) is 14.8 Å². The number of aryl methyl sites for hydroxylation is 1. The van der Waals surface area contributed by atoms with Gasteiger partial charge < -0.3 is 0 Å². The van der Waals surface area contributed by atoms with E-state index < -0.39 is 0 Å². The van der Waals surface area contributed by atoms with Gasteiger partial charge >= 0.3 is 0 Å². The van der Waals surface area contributed by atoms with Crippen LogP contribution < -0.4 is 0 Å². The molecule has 0 saturated heterocycles. The number of halogens is 2. The number of benzene rings is 1. The van der Waals surface area contributed by atoms with Crippen molar-refractivity contribution in [3.05, 3.63) is 40.9 Å². The first-order chi connectivity index (χ1) is 7.22. The molecule has 0 amide bonds. The van der Waals surface area contributed by atoms with Crippen molar-refractivity contribution in [1.82, 2.24) is 14.8 Å². The van der Waals surface area contributed by atoms with Gasteiger partial charge in [0.1, 0.15) is 6.33 Å². The highest BCUT2D eigenvalue weighted by molar-refractivity contribution is 6.30. The van der Waals surface area contributed by atoms with Crippen molar-refractivity contribution in [2.75, 3.05) is 0 Å². The standard InChI is InChI=1S/C10H9Cl2N3/c1-7-4-8(12)2-3-9(7)15-6-13-14-10(15)5-11/h2-4,6H,5H2,1H3. The summed E-state index contributed by atoms with van der Waals surface area (Å²) >= 11 is 11.6. The van der Waals surface area contributed by atoms with Gasteiger partial charge in [-0.05, 0) is 30.7 Å². The Morgan fingerprint density at radius 2 is 2.20 bits per heavy atom. The average Bonchev–Trinajstić information content (AvgIpc) is 2.65. The largest absolute Gasteiger partial charge is 0.284 e. The second-order valence-electron chi connectivity index (χ2n) is 3.18. The fraction of sp³-hybridized carbons (Fsp3) is 0.200. The van der Waals surface area contributed by atoms with Crippen LogP contribution in [-0.2, 0) is 5.88 Å². The van der Waals surface area contributed by atoms with E-state index in [0.717, 1.165) is 22.1 Å². The van der Waals surface area contributed by atoms with Gasteiger partial charge in [-0.3, -0.25) is 4.57 Å². The van der Waals surface area contributed by atoms with E-state index >= 15 is 0 Å². The van der Waals surface area contributed by atoms with Gasteiger partial charge in [-0.25, -0.2) is 0 Å². The van der Waals surface area contributed by atoms with Gasteiger partial charge in [-0.15, -0.1) is 21.8 Å². The van der Waals surface area contributed by atoms with Crippen LogP contribution in [0.3, 0.4) is 0 Å². The maximum Gasteiger partial charge on any atom is 0.152 e. The topological polar surface area (TPSA) is 30.7 Å². The fourth-order valence-electron chi connectivity index (χ4n) is 1.44. The van der Waals surface area contributed by atoms with Crippen molar-refractivity contribution in [3.63, 3.8) is 0 Å². The molecule has 0 aliphatic heterocycles. The van der Waals surface area contributed by atoms with Gasteiger partial charge in [0.15, 0.2) is 5.82 Å². The van der Waals surface area contributed by atoms with Crippen molar-refractivity contribution >= 4 is 23.2 Å². The van der Waals surface area contributed by atoms with E-state index in [1.165, 1.54) is 0 Å². The summed E-state index contributed by atoms with van der Waals surface area (Å²) in [5.74, 6) is 1.06. The van der Waals surface area contributed by atoms with Crippen LogP contribution in [0.4, 0.5) is 0 Å². The first-order valence-electron chi connectivity index (χ1n) is 4.44. The molecule has 0 bridgehead atoms. The Labute approximate surface area is 97.7 Å². The van der Waals surface area contributed by atoms with Crippen LogP contribution in [0.5, 0.6) is 0 Å². The Kier molecular flexibility index (Phi) is 2.93. The van der Waals surface area contributed by atoms with Crippen molar-refractivity contribution in [2.24, 2.45) is 0 Å². The summed E-state index contributed by atoms with van der Waals surface area (Å²) in [5, 5.41) is 8.47. The predicted octanol–water partition coefficient (Wildman–Crippen LogP) is 2.97. The zero-order valence-corrected chi connectivity index (χ0v) is 9.63. The Morgan fingerprint density at radius 1 is 1.40 bits per heavy atom. The monoisotopic (exact) mass is 241 g/mol. The van der Waals surface area contributed by atoms with Crippen LogP contribution in [0.25, 0.3) is 5.69 Å². The average molecular weight is 242 g/mol. The highest BCUT2D eigenvalue weighted by Crippen LogP contribution is 2.20. The zero-order valence-electron chi connectivity index (χ0n) is 8.11. The fourth-order valence-corrected chi connectivity index (χ4v) is 1.85. The molecule has 2 rings (SSSR count). The van der Waals surface area contributed by atoms with E-state index in [1.54, 1.807) is 6.33 Å². The number of aromatic nitrogens is 3. The normalized spacial score (nSPS) is 10.6. The summed E-state index contributed by atoms with van der Waals surface area (Å²) in [6, 6.07) is 5.66. The van der Waals surface area contributed by atoms with E-state index in [9.17, 15) is 0 Å². The van der Waals surface area contributed by atoms with Gasteiger partial charge in [0.05, 0.1) is 11.6 Å². The lowest BCUT2D eigenvalue weighted by Gasteiger charge is -2.08. The van der Waals surface area contributed by atoms with Crippen LogP contribution in [0, 0.1) is 6.92 Å². The lowest BCUT2D eigenvalue weighted by molar-refractivity contribution is 0.943. The van der Waals surface area contributed by atoms with Crippen molar-refractivity contribution in [3.8, 4) is 5.69 Å². The molecule has 0 aliphatic rings. The third-order valence-corrected chi connectivity index (χ3v) is 2.63. The lowest BCUT2D eigenvalue weighted by atomic mass is 10.2. The van der Waals surface area contributed by atoms with E-state index in [-0.39, 0.29) is 0 Å². The number of rotatable bonds is 2. The smallest absolute Gasteiger partial charge is 0.152 e. The zero-order chi connectivity index (χ0) is 10.8. The molecular formula is C10H9Cl2N3. The third-order valence-electron chi connectivity index (χ3n) is 2.16. The molecular weight excluding hydrogens is 233 g/mol. The molecule has 78 valence electrons. The Morgan fingerprint density at radius 3 is 2.87 bits per heavy atom. The van der Waals surface area contributed by atoms with E-state index in [4.69, 9.17) is 23.2 Å². The maximum absolute atomic E-state index is 5.89. The van der Waals surface area contributed by atoms with Crippen LogP contribution in [0.2, 0.25) is 5.02 Å². The van der Waals surface area contributed by atoms with E-state index in [0.29, 0.717) is 5.88 Å². The van der Waals surface area contributed by atoms with Gasteiger partial charge in [0, 0.05) is 5.02 Å². The SMILES string of the molecule is Cc1cc(Cl)ccc1-n1cnnc1CCl. The number of nitrogens with zero attached hydrogens (tertiary/aromatic N) is 3. The van der Waals surface area contributed by atoms with Gasteiger partial charge in [0.25, 0.3) is 0 Å². The Balaban J connectivity index is 2.54. The van der Waals surface area contributed by atoms with Crippen LogP contribution >= 0.6 is 23.2 Å². The highest BCUT2D eigenvalue weighted by atomic mass is 35.5. The molecule has 0 spiro atoms. The molecule has 15 heavy (non-hydrogen) atoms. The molecule has 0 saturated carbocycles. The van der Waals surface area contributed by atoms with Crippen LogP contribution in [0.1, 0.15) is 11.4 Å². The third kappa shape index (κ3) is 1.98. The molecule has 1 aromatic carbocycles. The minimum atomic E-state index is 0.335. The minimum absolute atomic E-state index is 0.335. The van der Waals surface area contributed by atoms with Crippen molar-refractivity contribution in [1.29, 1.82) is 0 Å². The summed E-state index contributed by atoms with van der Waals surface area (Å²) in [4.78, 5) is 0. The number of alkyl halides is 1. The summed E-state index contributed by atoms with van der Waals surface area (Å²) < 4.78 is 1.86. The summed E-state index contributed by atoms with van der Waals surface area (Å²) in [6.45, 7) is 1.99. The van der Waals surface area contributed by atoms with Crippen molar-refractivity contribution in [2.45, 2.75) is 12.8 Å². The van der Waals surface area contributed by atoms with E-state index in [2.05, 4.69) is 10.2 Å². The molecule has 1 heterocycles. The summed E-state index contributed by atoms with van der Waals surface area (Å²) in [5.41, 5.74) is 2.06. The molecule has 0 radical (unpaired) electrons.